The number of carbonyl (C=O) groups excluding carboxylic acids is 1. The number of nitrogens with zero attached hydrogens (tertiary/aromatic N) is 2. The Labute approximate surface area is 176 Å². The molecule has 158 valence electrons. The van der Waals surface area contributed by atoms with Crippen LogP contribution in [-0.4, -0.2) is 48.3 Å². The summed E-state index contributed by atoms with van der Waals surface area (Å²) in [6.07, 6.45) is 3.29. The molecule has 2 aromatic rings. The SMILES string of the molecule is CCS(=O)(=O)c1ccc2oc(SCC(=O)N3C[C@@]4(C)C[C@H]3CC(C)(C)C4)nc2c1. The fourth-order valence-electron chi connectivity index (χ4n) is 5.27. The third-order valence-corrected chi connectivity index (χ3v) is 8.68. The zero-order valence-corrected chi connectivity index (χ0v) is 19.0. The molecule has 2 heterocycles. The van der Waals surface area contributed by atoms with Gasteiger partial charge in [0.25, 0.3) is 5.22 Å². The van der Waals surface area contributed by atoms with Gasteiger partial charge in [0.15, 0.2) is 15.4 Å². The van der Waals surface area contributed by atoms with Crippen molar-refractivity contribution in [3.63, 3.8) is 0 Å². The molecule has 1 amide bonds. The summed E-state index contributed by atoms with van der Waals surface area (Å²) in [6, 6.07) is 5.03. The summed E-state index contributed by atoms with van der Waals surface area (Å²) in [5.41, 5.74) is 1.52. The van der Waals surface area contributed by atoms with Crippen LogP contribution < -0.4 is 0 Å². The highest BCUT2D eigenvalue weighted by Gasteiger charge is 2.50. The van der Waals surface area contributed by atoms with Crippen LogP contribution in [0.2, 0.25) is 0 Å². The average molecular weight is 437 g/mol. The Morgan fingerprint density at radius 2 is 2.07 bits per heavy atom. The summed E-state index contributed by atoms with van der Waals surface area (Å²) in [6.45, 7) is 9.33. The van der Waals surface area contributed by atoms with Crippen LogP contribution in [0, 0.1) is 10.8 Å². The smallest absolute Gasteiger partial charge is 0.257 e. The molecule has 1 aliphatic carbocycles. The van der Waals surface area contributed by atoms with Gasteiger partial charge in [-0.1, -0.05) is 39.5 Å². The molecule has 2 atom stereocenters. The minimum absolute atomic E-state index is 0.0409. The van der Waals surface area contributed by atoms with Crippen molar-refractivity contribution in [3.8, 4) is 0 Å². The van der Waals surface area contributed by atoms with Gasteiger partial charge in [0.05, 0.1) is 16.4 Å². The first-order valence-corrected chi connectivity index (χ1v) is 12.7. The molecule has 1 saturated carbocycles. The minimum atomic E-state index is -3.29. The number of hydrogen-bond donors (Lipinski definition) is 0. The fourth-order valence-corrected chi connectivity index (χ4v) is 6.89. The van der Waals surface area contributed by atoms with Crippen molar-refractivity contribution in [2.24, 2.45) is 10.8 Å². The molecule has 2 bridgehead atoms. The number of thioether (sulfide) groups is 1. The van der Waals surface area contributed by atoms with Crippen molar-refractivity contribution in [2.45, 2.75) is 63.1 Å². The summed E-state index contributed by atoms with van der Waals surface area (Å²) in [5.74, 6) is 0.442. The second-order valence-electron chi connectivity index (χ2n) is 9.54. The van der Waals surface area contributed by atoms with Crippen LogP contribution >= 0.6 is 11.8 Å². The molecule has 0 radical (unpaired) electrons. The molecule has 2 fully saturated rings. The second kappa shape index (κ2) is 7.01. The lowest BCUT2D eigenvalue weighted by atomic mass is 9.65. The van der Waals surface area contributed by atoms with Gasteiger partial charge in [0, 0.05) is 12.6 Å². The molecular weight excluding hydrogens is 408 g/mol. The lowest BCUT2D eigenvalue weighted by Crippen LogP contribution is -2.38. The van der Waals surface area contributed by atoms with Crippen molar-refractivity contribution >= 4 is 38.6 Å². The number of sulfone groups is 1. The van der Waals surface area contributed by atoms with Crippen LogP contribution in [0.4, 0.5) is 0 Å². The van der Waals surface area contributed by atoms with Gasteiger partial charge in [-0.2, -0.15) is 0 Å². The van der Waals surface area contributed by atoms with E-state index < -0.39 is 9.84 Å². The molecule has 1 saturated heterocycles. The molecular formula is C21H28N2O4S2. The maximum Gasteiger partial charge on any atom is 0.257 e. The van der Waals surface area contributed by atoms with Gasteiger partial charge in [0.2, 0.25) is 5.91 Å². The van der Waals surface area contributed by atoms with Crippen LogP contribution in [0.25, 0.3) is 11.1 Å². The number of carbonyl (C=O) groups is 1. The minimum Gasteiger partial charge on any atom is -0.431 e. The zero-order chi connectivity index (χ0) is 21.0. The lowest BCUT2D eigenvalue weighted by Gasteiger charge is -2.39. The number of likely N-dealkylation sites (tertiary alicyclic amines) is 1. The monoisotopic (exact) mass is 436 g/mol. The standard InChI is InChI=1S/C21H28N2O4S2/c1-5-29(25,26)15-6-7-17-16(8-15)22-19(27-17)28-11-18(24)23-13-21(4)10-14(23)9-20(2,3)12-21/h6-8,14H,5,9-13H2,1-4H3/t14-,21+/m1/s1. The van der Waals surface area contributed by atoms with Crippen molar-refractivity contribution in [2.75, 3.05) is 18.1 Å². The Kier molecular flexibility index (Phi) is 5.01. The maximum absolute atomic E-state index is 12.9. The van der Waals surface area contributed by atoms with Crippen molar-refractivity contribution < 1.29 is 17.6 Å². The molecule has 6 nitrogen and oxygen atoms in total. The quantitative estimate of drug-likeness (QED) is 0.655. The van der Waals surface area contributed by atoms with Gasteiger partial charge in [-0.25, -0.2) is 13.4 Å². The number of rotatable bonds is 5. The molecule has 1 aliphatic heterocycles. The van der Waals surface area contributed by atoms with Gasteiger partial charge in [0.1, 0.15) is 5.52 Å². The van der Waals surface area contributed by atoms with Crippen LogP contribution in [0.5, 0.6) is 0 Å². The Morgan fingerprint density at radius 1 is 1.31 bits per heavy atom. The Bertz CT molecular complexity index is 1060. The van der Waals surface area contributed by atoms with Gasteiger partial charge in [-0.3, -0.25) is 4.79 Å². The van der Waals surface area contributed by atoms with Crippen molar-refractivity contribution in [1.29, 1.82) is 0 Å². The van der Waals surface area contributed by atoms with Crippen molar-refractivity contribution in [1.82, 2.24) is 9.88 Å². The van der Waals surface area contributed by atoms with E-state index >= 15 is 0 Å². The van der Waals surface area contributed by atoms with Gasteiger partial charge in [-0.05, 0) is 48.3 Å². The molecule has 4 rings (SSSR count). The Balaban J connectivity index is 1.45. The maximum atomic E-state index is 12.9. The third-order valence-electron chi connectivity index (χ3n) is 6.13. The van der Waals surface area contributed by atoms with Crippen LogP contribution in [-0.2, 0) is 14.6 Å². The normalized spacial score (nSPS) is 26.2. The Hall–Kier alpha value is -1.54. The van der Waals surface area contributed by atoms with E-state index in [4.69, 9.17) is 4.42 Å². The first-order chi connectivity index (χ1) is 13.5. The molecule has 1 aromatic heterocycles. The fraction of sp³-hybridized carbons (Fsp3) is 0.619. The number of aromatic nitrogens is 1. The summed E-state index contributed by atoms with van der Waals surface area (Å²) in [5, 5.41) is 0.396. The lowest BCUT2D eigenvalue weighted by molar-refractivity contribution is -0.129. The highest BCUT2D eigenvalue weighted by molar-refractivity contribution is 7.99. The first-order valence-electron chi connectivity index (χ1n) is 10.1. The highest BCUT2D eigenvalue weighted by Crippen LogP contribution is 2.52. The van der Waals surface area contributed by atoms with E-state index in [1.807, 2.05) is 0 Å². The highest BCUT2D eigenvalue weighted by atomic mass is 32.2. The number of benzene rings is 1. The van der Waals surface area contributed by atoms with Crippen LogP contribution in [0.1, 0.15) is 47.0 Å². The molecule has 1 aromatic carbocycles. The van der Waals surface area contributed by atoms with Gasteiger partial charge >= 0.3 is 0 Å². The van der Waals surface area contributed by atoms with E-state index in [1.165, 1.54) is 17.8 Å². The van der Waals surface area contributed by atoms with Gasteiger partial charge < -0.3 is 9.32 Å². The van der Waals surface area contributed by atoms with E-state index in [1.54, 1.807) is 19.1 Å². The Morgan fingerprint density at radius 3 is 2.79 bits per heavy atom. The molecule has 2 aliphatic rings. The predicted molar refractivity (Wildman–Crippen MR) is 114 cm³/mol. The predicted octanol–water partition coefficient (Wildman–Crippen LogP) is 4.14. The molecule has 0 N–H and O–H groups in total. The second-order valence-corrected chi connectivity index (χ2v) is 12.7. The average Bonchev–Trinajstić information content (AvgIpc) is 3.15. The van der Waals surface area contributed by atoms with Crippen LogP contribution in [0.15, 0.2) is 32.7 Å². The largest absolute Gasteiger partial charge is 0.431 e. The van der Waals surface area contributed by atoms with E-state index in [0.717, 1.165) is 25.8 Å². The molecule has 0 spiro atoms. The zero-order valence-electron chi connectivity index (χ0n) is 17.4. The number of amides is 1. The topological polar surface area (TPSA) is 80.5 Å². The number of oxazole rings is 1. The molecule has 8 heteroatoms. The third kappa shape index (κ3) is 4.06. The molecule has 29 heavy (non-hydrogen) atoms. The van der Waals surface area contributed by atoms with E-state index in [-0.39, 0.29) is 33.1 Å². The van der Waals surface area contributed by atoms with E-state index in [9.17, 15) is 13.2 Å². The number of fused-ring (bicyclic) bond motifs is 3. The first kappa shape index (κ1) is 20.7. The summed E-state index contributed by atoms with van der Waals surface area (Å²) < 4.78 is 29.8. The summed E-state index contributed by atoms with van der Waals surface area (Å²) in [7, 11) is -3.29. The molecule has 0 unspecified atom stereocenters. The van der Waals surface area contributed by atoms with Gasteiger partial charge in [-0.15, -0.1) is 0 Å². The summed E-state index contributed by atoms with van der Waals surface area (Å²) in [4.78, 5) is 19.6. The van der Waals surface area contributed by atoms with E-state index in [2.05, 4.69) is 30.7 Å². The van der Waals surface area contributed by atoms with E-state index in [0.29, 0.717) is 22.4 Å². The van der Waals surface area contributed by atoms with Crippen molar-refractivity contribution in [3.05, 3.63) is 18.2 Å². The number of hydrogen-bond acceptors (Lipinski definition) is 6. The van der Waals surface area contributed by atoms with Crippen LogP contribution in [0.3, 0.4) is 0 Å². The summed E-state index contributed by atoms with van der Waals surface area (Å²) >= 11 is 1.27.